The van der Waals surface area contributed by atoms with E-state index in [0.717, 1.165) is 0 Å². The van der Waals surface area contributed by atoms with Crippen molar-refractivity contribution >= 4 is 51.3 Å². The van der Waals surface area contributed by atoms with Crippen molar-refractivity contribution in [2.45, 2.75) is 4.21 Å². The minimum absolute atomic E-state index is 0. The lowest BCUT2D eigenvalue weighted by Gasteiger charge is -2.22. The van der Waals surface area contributed by atoms with Gasteiger partial charge in [0.2, 0.25) is 10.0 Å². The highest BCUT2D eigenvalue weighted by molar-refractivity contribution is 14.0. The van der Waals surface area contributed by atoms with Gasteiger partial charge in [0.05, 0.1) is 6.54 Å². The van der Waals surface area contributed by atoms with Crippen molar-refractivity contribution in [1.29, 1.82) is 0 Å². The van der Waals surface area contributed by atoms with Crippen LogP contribution in [0.5, 0.6) is 5.75 Å². The molecule has 0 aliphatic carbocycles. The van der Waals surface area contributed by atoms with Crippen LogP contribution in [0, 0.1) is 5.82 Å². The molecule has 1 aromatic heterocycles. The summed E-state index contributed by atoms with van der Waals surface area (Å²) in [5, 5.41) is 4.81. The first-order chi connectivity index (χ1) is 12.9. The molecule has 0 unspecified atom stereocenters. The van der Waals surface area contributed by atoms with Crippen molar-refractivity contribution in [1.82, 2.24) is 14.9 Å². The Kier molecular flexibility index (Phi) is 10.7. The van der Waals surface area contributed by atoms with Crippen LogP contribution in [0.15, 0.2) is 51.0 Å². The van der Waals surface area contributed by atoms with Gasteiger partial charge < -0.3 is 15.0 Å². The van der Waals surface area contributed by atoms with Crippen LogP contribution in [-0.4, -0.2) is 59.6 Å². The van der Waals surface area contributed by atoms with Crippen LogP contribution in [-0.2, 0) is 10.0 Å². The average Bonchev–Trinajstić information content (AvgIpc) is 3.19. The van der Waals surface area contributed by atoms with Gasteiger partial charge in [-0.3, -0.25) is 4.99 Å². The number of likely N-dealkylation sites (N-methyl/N-ethyl adjacent to an activating group) is 1. The molecular formula is C17H24FIN4O3S2. The van der Waals surface area contributed by atoms with E-state index in [4.69, 9.17) is 4.74 Å². The molecule has 7 nitrogen and oxygen atoms in total. The summed E-state index contributed by atoms with van der Waals surface area (Å²) in [5.74, 6) is 0.905. The molecule has 0 aliphatic rings. The lowest BCUT2D eigenvalue weighted by Crippen LogP contribution is -2.43. The maximum atomic E-state index is 12.9. The molecule has 2 rings (SSSR count). The molecule has 0 aliphatic heterocycles. The normalized spacial score (nSPS) is 11.6. The van der Waals surface area contributed by atoms with Gasteiger partial charge in [-0.1, -0.05) is 6.07 Å². The zero-order valence-electron chi connectivity index (χ0n) is 15.6. The maximum Gasteiger partial charge on any atom is 0.250 e. The zero-order chi connectivity index (χ0) is 19.7. The summed E-state index contributed by atoms with van der Waals surface area (Å²) in [7, 11) is 0.0333. The minimum atomic E-state index is -3.46. The first-order valence-electron chi connectivity index (χ1n) is 8.25. The zero-order valence-corrected chi connectivity index (χ0v) is 19.6. The van der Waals surface area contributed by atoms with Gasteiger partial charge in [-0.2, -0.15) is 0 Å². The number of nitrogens with one attached hydrogen (secondary N) is 2. The van der Waals surface area contributed by atoms with Gasteiger partial charge >= 0.3 is 0 Å². The molecule has 1 aromatic carbocycles. The number of aliphatic imine (C=N–C) groups is 1. The van der Waals surface area contributed by atoms with Gasteiger partial charge in [0.25, 0.3) is 0 Å². The highest BCUT2D eigenvalue weighted by Crippen LogP contribution is 2.14. The maximum absolute atomic E-state index is 12.9. The number of rotatable bonds is 9. The molecule has 0 bridgehead atoms. The number of ether oxygens (including phenoxy) is 1. The summed E-state index contributed by atoms with van der Waals surface area (Å²) in [5.41, 5.74) is 0. The summed E-state index contributed by atoms with van der Waals surface area (Å²) < 4.78 is 45.3. The Hall–Kier alpha value is -1.44. The van der Waals surface area contributed by atoms with Gasteiger partial charge in [0.1, 0.15) is 22.4 Å². The molecule has 2 aromatic rings. The largest absolute Gasteiger partial charge is 0.492 e. The Balaban J connectivity index is 0.00000392. The van der Waals surface area contributed by atoms with Crippen molar-refractivity contribution in [2.24, 2.45) is 4.99 Å². The highest BCUT2D eigenvalue weighted by Gasteiger charge is 2.14. The van der Waals surface area contributed by atoms with Crippen LogP contribution < -0.4 is 14.8 Å². The number of hydrogen-bond donors (Lipinski definition) is 2. The molecule has 0 atom stereocenters. The second-order valence-corrected chi connectivity index (χ2v) is 8.47. The molecule has 0 amide bonds. The lowest BCUT2D eigenvalue weighted by atomic mass is 10.3. The smallest absolute Gasteiger partial charge is 0.250 e. The summed E-state index contributed by atoms with van der Waals surface area (Å²) in [6.45, 7) is 1.57. The van der Waals surface area contributed by atoms with E-state index in [1.165, 1.54) is 23.5 Å². The molecule has 0 saturated carbocycles. The number of benzene rings is 1. The molecule has 0 spiro atoms. The van der Waals surface area contributed by atoms with E-state index < -0.39 is 10.0 Å². The molecule has 0 saturated heterocycles. The Morgan fingerprint density at radius 3 is 2.57 bits per heavy atom. The van der Waals surface area contributed by atoms with E-state index in [1.807, 2.05) is 11.9 Å². The van der Waals surface area contributed by atoms with Crippen LogP contribution in [0.4, 0.5) is 4.39 Å². The summed E-state index contributed by atoms with van der Waals surface area (Å²) >= 11 is 1.17. The highest BCUT2D eigenvalue weighted by atomic mass is 127. The topological polar surface area (TPSA) is 83.0 Å². The lowest BCUT2D eigenvalue weighted by molar-refractivity contribution is 0.281. The quantitative estimate of drug-likeness (QED) is 0.220. The summed E-state index contributed by atoms with van der Waals surface area (Å²) in [4.78, 5) is 6.02. The van der Waals surface area contributed by atoms with Crippen LogP contribution in [0.25, 0.3) is 0 Å². The number of halogens is 2. The van der Waals surface area contributed by atoms with Crippen LogP contribution in [0.2, 0.25) is 0 Å². The van der Waals surface area contributed by atoms with Crippen LogP contribution in [0.1, 0.15) is 0 Å². The van der Waals surface area contributed by atoms with E-state index in [-0.39, 0.29) is 36.3 Å². The van der Waals surface area contributed by atoms with Crippen molar-refractivity contribution in [3.63, 3.8) is 0 Å². The van der Waals surface area contributed by atoms with E-state index in [2.05, 4.69) is 15.0 Å². The first kappa shape index (κ1) is 24.6. The number of thiophene rings is 1. The van der Waals surface area contributed by atoms with Crippen molar-refractivity contribution in [3.8, 4) is 5.75 Å². The Morgan fingerprint density at radius 1 is 1.25 bits per heavy atom. The van der Waals surface area contributed by atoms with Gasteiger partial charge in [-0.25, -0.2) is 17.5 Å². The fraction of sp³-hybridized carbons (Fsp3) is 0.353. The summed E-state index contributed by atoms with van der Waals surface area (Å²) in [6.07, 6.45) is 0. The SMILES string of the molecule is CN=C(NCCNS(=O)(=O)c1cccs1)N(C)CCOc1ccc(F)cc1.I. The van der Waals surface area contributed by atoms with Gasteiger partial charge in [-0.05, 0) is 35.7 Å². The van der Waals surface area contributed by atoms with E-state index >= 15 is 0 Å². The van der Waals surface area contributed by atoms with Crippen LogP contribution in [0.3, 0.4) is 0 Å². The van der Waals surface area contributed by atoms with Crippen LogP contribution >= 0.6 is 35.3 Å². The standard InChI is InChI=1S/C17H23FN4O3S2.HI/c1-19-17(20-9-10-21-27(23,24)16-4-3-13-26-16)22(2)11-12-25-15-7-5-14(18)6-8-15;/h3-8,13,21H,9-12H2,1-2H3,(H,19,20);1H. The number of hydrogen-bond acceptors (Lipinski definition) is 5. The Labute approximate surface area is 186 Å². The molecular weight excluding hydrogens is 518 g/mol. The summed E-state index contributed by atoms with van der Waals surface area (Å²) in [6, 6.07) is 9.09. The minimum Gasteiger partial charge on any atom is -0.492 e. The Morgan fingerprint density at radius 2 is 1.96 bits per heavy atom. The second kappa shape index (κ2) is 12.2. The molecule has 11 heteroatoms. The van der Waals surface area contributed by atoms with Crippen molar-refractivity contribution in [2.75, 3.05) is 40.3 Å². The predicted molar refractivity (Wildman–Crippen MR) is 121 cm³/mol. The van der Waals surface area contributed by atoms with Gasteiger partial charge in [0.15, 0.2) is 5.96 Å². The van der Waals surface area contributed by atoms with Gasteiger partial charge in [0, 0.05) is 27.2 Å². The third-order valence-electron chi connectivity index (χ3n) is 3.54. The Bertz CT molecular complexity index is 831. The fourth-order valence-electron chi connectivity index (χ4n) is 2.17. The second-order valence-electron chi connectivity index (χ2n) is 5.53. The van der Waals surface area contributed by atoms with Crippen molar-refractivity contribution in [3.05, 3.63) is 47.6 Å². The van der Waals surface area contributed by atoms with Crippen molar-refractivity contribution < 1.29 is 17.5 Å². The first-order valence-corrected chi connectivity index (χ1v) is 10.6. The van der Waals surface area contributed by atoms with E-state index in [9.17, 15) is 12.8 Å². The molecule has 0 radical (unpaired) electrons. The average molecular weight is 542 g/mol. The number of nitrogens with zero attached hydrogens (tertiary/aromatic N) is 2. The molecule has 2 N–H and O–H groups in total. The molecule has 1 heterocycles. The van der Waals surface area contributed by atoms with E-state index in [1.54, 1.807) is 36.7 Å². The fourth-order valence-corrected chi connectivity index (χ4v) is 4.24. The van der Waals surface area contributed by atoms with Gasteiger partial charge in [-0.15, -0.1) is 35.3 Å². The molecule has 28 heavy (non-hydrogen) atoms. The predicted octanol–water partition coefficient (Wildman–Crippen LogP) is 2.37. The number of sulfonamides is 1. The molecule has 156 valence electrons. The third kappa shape index (κ3) is 7.89. The monoisotopic (exact) mass is 542 g/mol. The number of guanidine groups is 1. The van der Waals surface area contributed by atoms with E-state index in [0.29, 0.717) is 35.6 Å². The molecule has 0 fully saturated rings. The third-order valence-corrected chi connectivity index (χ3v) is 6.40.